The van der Waals surface area contributed by atoms with Crippen molar-refractivity contribution in [2.75, 3.05) is 26.3 Å². The summed E-state index contributed by atoms with van der Waals surface area (Å²) >= 11 is 11.9. The Morgan fingerprint density at radius 2 is 1.74 bits per heavy atom. The van der Waals surface area contributed by atoms with Crippen molar-refractivity contribution in [3.8, 4) is 0 Å². The molecule has 0 amide bonds. The predicted octanol–water partition coefficient (Wildman–Crippen LogP) is 3.37. The number of rotatable bonds is 5. The van der Waals surface area contributed by atoms with Crippen LogP contribution in [0.1, 0.15) is 15.9 Å². The van der Waals surface area contributed by atoms with Crippen LogP contribution < -0.4 is 0 Å². The third kappa shape index (κ3) is 4.80. The summed E-state index contributed by atoms with van der Waals surface area (Å²) < 4.78 is 37.3. The van der Waals surface area contributed by atoms with Gasteiger partial charge in [0.25, 0.3) is 0 Å². The Kier molecular flexibility index (Phi) is 6.39. The van der Waals surface area contributed by atoms with Gasteiger partial charge in [-0.15, -0.1) is 0 Å². The van der Waals surface area contributed by atoms with Gasteiger partial charge in [0.05, 0.1) is 28.7 Å². The highest BCUT2D eigenvalue weighted by Gasteiger charge is 2.27. The largest absolute Gasteiger partial charge is 0.457 e. The summed E-state index contributed by atoms with van der Waals surface area (Å²) in [6.45, 7) is 1.22. The lowest BCUT2D eigenvalue weighted by molar-refractivity contribution is 0.0472. The van der Waals surface area contributed by atoms with Crippen molar-refractivity contribution in [3.63, 3.8) is 0 Å². The highest BCUT2D eigenvalue weighted by Crippen LogP contribution is 2.24. The zero-order chi connectivity index (χ0) is 19.4. The number of sulfonamides is 1. The number of benzene rings is 2. The third-order valence-electron chi connectivity index (χ3n) is 4.05. The Balaban J connectivity index is 1.78. The number of hydrogen-bond acceptors (Lipinski definition) is 5. The molecule has 0 spiro atoms. The van der Waals surface area contributed by atoms with Crippen LogP contribution in [0.25, 0.3) is 0 Å². The van der Waals surface area contributed by atoms with Crippen molar-refractivity contribution in [1.82, 2.24) is 4.31 Å². The summed E-state index contributed by atoms with van der Waals surface area (Å²) in [6, 6.07) is 10.8. The van der Waals surface area contributed by atoms with Gasteiger partial charge >= 0.3 is 5.97 Å². The highest BCUT2D eigenvalue weighted by molar-refractivity contribution is 7.89. The molecule has 1 fully saturated rings. The maximum absolute atomic E-state index is 12.7. The van der Waals surface area contributed by atoms with Crippen molar-refractivity contribution >= 4 is 39.2 Å². The van der Waals surface area contributed by atoms with Gasteiger partial charge in [-0.2, -0.15) is 4.31 Å². The fourth-order valence-electron chi connectivity index (χ4n) is 2.56. The summed E-state index contributed by atoms with van der Waals surface area (Å²) in [7, 11) is -3.73. The minimum atomic E-state index is -3.73. The second kappa shape index (κ2) is 8.58. The first-order valence-corrected chi connectivity index (χ1v) is 10.4. The lowest BCUT2D eigenvalue weighted by Crippen LogP contribution is -2.40. The molecule has 1 saturated heterocycles. The molecule has 0 N–H and O–H groups in total. The summed E-state index contributed by atoms with van der Waals surface area (Å²) in [6.07, 6.45) is 0. The maximum atomic E-state index is 12.7. The highest BCUT2D eigenvalue weighted by atomic mass is 35.5. The minimum absolute atomic E-state index is 0.0000327. The van der Waals surface area contributed by atoms with Gasteiger partial charge in [0, 0.05) is 18.1 Å². The minimum Gasteiger partial charge on any atom is -0.457 e. The van der Waals surface area contributed by atoms with E-state index < -0.39 is 16.0 Å². The van der Waals surface area contributed by atoms with Crippen LogP contribution in [-0.2, 0) is 26.1 Å². The zero-order valence-electron chi connectivity index (χ0n) is 14.2. The van der Waals surface area contributed by atoms with E-state index in [1.54, 1.807) is 24.3 Å². The molecule has 0 bridgehead atoms. The van der Waals surface area contributed by atoms with E-state index >= 15 is 0 Å². The van der Waals surface area contributed by atoms with Crippen LogP contribution in [-0.4, -0.2) is 45.0 Å². The number of carbonyl (C=O) groups is 1. The molecule has 0 aliphatic carbocycles. The summed E-state index contributed by atoms with van der Waals surface area (Å²) in [5.41, 5.74) is 0.751. The molecule has 2 aromatic carbocycles. The number of ether oxygens (including phenoxy) is 2. The molecule has 6 nitrogen and oxygen atoms in total. The third-order valence-corrected chi connectivity index (χ3v) is 6.52. The quantitative estimate of drug-likeness (QED) is 0.681. The second-order valence-electron chi connectivity index (χ2n) is 5.86. The molecule has 144 valence electrons. The molecule has 0 unspecified atom stereocenters. The van der Waals surface area contributed by atoms with Gasteiger partial charge in [-0.3, -0.25) is 0 Å². The zero-order valence-corrected chi connectivity index (χ0v) is 16.6. The van der Waals surface area contributed by atoms with Crippen LogP contribution in [0.5, 0.6) is 0 Å². The number of halogens is 2. The van der Waals surface area contributed by atoms with E-state index in [4.69, 9.17) is 32.7 Å². The Bertz CT molecular complexity index is 925. The van der Waals surface area contributed by atoms with Crippen molar-refractivity contribution in [2.45, 2.75) is 11.5 Å². The molecule has 27 heavy (non-hydrogen) atoms. The van der Waals surface area contributed by atoms with E-state index in [0.29, 0.717) is 18.2 Å². The van der Waals surface area contributed by atoms with Gasteiger partial charge in [0.1, 0.15) is 6.61 Å². The van der Waals surface area contributed by atoms with Crippen molar-refractivity contribution in [1.29, 1.82) is 0 Å². The molecular formula is C18H17Cl2NO5S. The van der Waals surface area contributed by atoms with E-state index in [-0.39, 0.29) is 35.2 Å². The maximum Gasteiger partial charge on any atom is 0.340 e. The van der Waals surface area contributed by atoms with E-state index in [0.717, 1.165) is 5.56 Å². The monoisotopic (exact) mass is 429 g/mol. The number of carbonyl (C=O) groups excluding carboxylic acids is 1. The SMILES string of the molecule is O=C(OCc1ccc(Cl)cc1)c1cc(S(=O)(=O)N2CCOCC2)ccc1Cl. The Hall–Kier alpha value is -1.64. The summed E-state index contributed by atoms with van der Waals surface area (Å²) in [4.78, 5) is 12.4. The van der Waals surface area contributed by atoms with Gasteiger partial charge in [0.15, 0.2) is 0 Å². The van der Waals surface area contributed by atoms with Gasteiger partial charge in [0.2, 0.25) is 10.0 Å². The average Bonchev–Trinajstić information content (AvgIpc) is 2.68. The van der Waals surface area contributed by atoms with Gasteiger partial charge in [-0.1, -0.05) is 35.3 Å². The van der Waals surface area contributed by atoms with Crippen LogP contribution in [0.3, 0.4) is 0 Å². The molecule has 0 aromatic heterocycles. The van der Waals surface area contributed by atoms with E-state index in [1.807, 2.05) is 0 Å². The molecule has 1 aliphatic heterocycles. The Labute approximate surface area is 167 Å². The van der Waals surface area contributed by atoms with Crippen LogP contribution in [0.15, 0.2) is 47.4 Å². The molecule has 9 heteroatoms. The fourth-order valence-corrected chi connectivity index (χ4v) is 4.32. The smallest absolute Gasteiger partial charge is 0.340 e. The topological polar surface area (TPSA) is 72.9 Å². The fraction of sp³-hybridized carbons (Fsp3) is 0.278. The van der Waals surface area contributed by atoms with Crippen molar-refractivity contribution in [3.05, 3.63) is 63.6 Å². The van der Waals surface area contributed by atoms with Gasteiger partial charge in [-0.25, -0.2) is 13.2 Å². The Morgan fingerprint density at radius 1 is 1.07 bits per heavy atom. The van der Waals surface area contributed by atoms with Gasteiger partial charge in [-0.05, 0) is 35.9 Å². The number of esters is 1. The summed E-state index contributed by atoms with van der Waals surface area (Å²) in [5.74, 6) is -0.700. The molecule has 1 aliphatic rings. The molecule has 0 saturated carbocycles. The predicted molar refractivity (Wildman–Crippen MR) is 102 cm³/mol. The number of morpholine rings is 1. The first-order valence-electron chi connectivity index (χ1n) is 8.17. The molecule has 1 heterocycles. The molecule has 0 radical (unpaired) electrons. The van der Waals surface area contributed by atoms with Crippen molar-refractivity contribution < 1.29 is 22.7 Å². The van der Waals surface area contributed by atoms with Crippen LogP contribution in [0.2, 0.25) is 10.0 Å². The van der Waals surface area contributed by atoms with Crippen LogP contribution >= 0.6 is 23.2 Å². The number of hydrogen-bond donors (Lipinski definition) is 0. The molecule has 0 atom stereocenters. The summed E-state index contributed by atoms with van der Waals surface area (Å²) in [5, 5.41) is 0.700. The first-order chi connectivity index (χ1) is 12.9. The van der Waals surface area contributed by atoms with Crippen LogP contribution in [0.4, 0.5) is 0 Å². The lowest BCUT2D eigenvalue weighted by Gasteiger charge is -2.26. The first kappa shape index (κ1) is 20.1. The number of nitrogens with zero attached hydrogens (tertiary/aromatic N) is 1. The Morgan fingerprint density at radius 3 is 2.41 bits per heavy atom. The van der Waals surface area contributed by atoms with E-state index in [9.17, 15) is 13.2 Å². The van der Waals surface area contributed by atoms with Crippen molar-refractivity contribution in [2.24, 2.45) is 0 Å². The normalized spacial score (nSPS) is 15.5. The molecule has 3 rings (SSSR count). The van der Waals surface area contributed by atoms with E-state index in [1.165, 1.54) is 22.5 Å². The van der Waals surface area contributed by atoms with E-state index in [2.05, 4.69) is 0 Å². The second-order valence-corrected chi connectivity index (χ2v) is 8.64. The van der Waals surface area contributed by atoms with Crippen LogP contribution in [0, 0.1) is 0 Å². The lowest BCUT2D eigenvalue weighted by atomic mass is 10.2. The van der Waals surface area contributed by atoms with Gasteiger partial charge < -0.3 is 9.47 Å². The standard InChI is InChI=1S/C18H17Cl2NO5S/c19-14-3-1-13(2-4-14)12-26-18(22)16-11-15(5-6-17(16)20)27(23,24)21-7-9-25-10-8-21/h1-6,11H,7-10,12H2. The average molecular weight is 430 g/mol. The molecular weight excluding hydrogens is 413 g/mol. The molecule has 2 aromatic rings.